The average molecular weight is 194 g/mol. The van der Waals surface area contributed by atoms with Crippen molar-refractivity contribution >= 4 is 5.91 Å². The molecule has 5 nitrogen and oxygen atoms in total. The van der Waals surface area contributed by atoms with E-state index in [9.17, 15) is 4.79 Å². The van der Waals surface area contributed by atoms with Gasteiger partial charge >= 0.3 is 0 Å². The molecule has 1 aliphatic rings. The van der Waals surface area contributed by atoms with Crippen LogP contribution >= 0.6 is 0 Å². The maximum atomic E-state index is 11.0. The topological polar surface area (TPSA) is 81.1 Å². The van der Waals surface area contributed by atoms with Gasteiger partial charge in [0.15, 0.2) is 5.82 Å². The quantitative estimate of drug-likeness (QED) is 0.694. The number of rotatable bonds is 3. The second-order valence-corrected chi connectivity index (χ2v) is 3.55. The van der Waals surface area contributed by atoms with Crippen molar-refractivity contribution < 1.29 is 9.90 Å². The summed E-state index contributed by atoms with van der Waals surface area (Å²) in [5.74, 6) is -0.0984. The smallest absolute Gasteiger partial charge is 0.284 e. The summed E-state index contributed by atoms with van der Waals surface area (Å²) < 4.78 is 1.72. The van der Waals surface area contributed by atoms with E-state index in [1.807, 2.05) is 0 Å². The van der Waals surface area contributed by atoms with Gasteiger partial charge in [-0.05, 0) is 12.8 Å². The molecule has 0 saturated heterocycles. The lowest BCUT2D eigenvalue weighted by atomic mass is 9.80. The Morgan fingerprint density at radius 2 is 2.57 bits per heavy atom. The molecule has 1 saturated carbocycles. The van der Waals surface area contributed by atoms with Gasteiger partial charge in [-0.25, -0.2) is 4.98 Å². The Kier molecular flexibility index (Phi) is 2.25. The van der Waals surface area contributed by atoms with Gasteiger partial charge in [-0.2, -0.15) is 0 Å². The highest BCUT2D eigenvalue weighted by molar-refractivity contribution is 5.89. The van der Waals surface area contributed by atoms with Gasteiger partial charge in [0.2, 0.25) is 0 Å². The third kappa shape index (κ3) is 1.29. The molecule has 2 unspecified atom stereocenters. The molecule has 2 atom stereocenters. The van der Waals surface area contributed by atoms with E-state index in [2.05, 4.69) is 11.2 Å². The number of hydrogen-bond donors (Lipinski definition) is 2. The Bertz CT molecular complexity index is 346. The molecule has 1 aromatic rings. The zero-order chi connectivity index (χ0) is 10.1. The van der Waals surface area contributed by atoms with Gasteiger partial charge in [0.05, 0.1) is 0 Å². The highest BCUT2D eigenvalue weighted by atomic mass is 16.3. The van der Waals surface area contributed by atoms with Crippen molar-refractivity contribution in [1.82, 2.24) is 9.55 Å². The van der Waals surface area contributed by atoms with Crippen molar-refractivity contribution in [2.45, 2.75) is 18.9 Å². The van der Waals surface area contributed by atoms with Gasteiger partial charge in [0, 0.05) is 24.8 Å². The number of carbonyl (C=O) groups excluding carboxylic acids is 1. The minimum atomic E-state index is -0.546. The average Bonchev–Trinajstić information content (AvgIpc) is 2.51. The standard InChI is InChI=1S/C9H12N3O2/c10-8(14)9-11-3-4-12(9)7-2-1-6(7)5-13/h4,6-7,13H,1-2,5H2,(H2,10,14). The zero-order valence-corrected chi connectivity index (χ0v) is 7.68. The summed E-state index contributed by atoms with van der Waals surface area (Å²) >= 11 is 0. The lowest BCUT2D eigenvalue weighted by Crippen LogP contribution is -2.34. The molecule has 1 amide bonds. The summed E-state index contributed by atoms with van der Waals surface area (Å²) in [5, 5.41) is 9.02. The van der Waals surface area contributed by atoms with Crippen LogP contribution in [0.1, 0.15) is 29.5 Å². The molecule has 0 spiro atoms. The van der Waals surface area contributed by atoms with Crippen LogP contribution in [0, 0.1) is 12.1 Å². The molecule has 1 fully saturated rings. The molecule has 2 rings (SSSR count). The molecule has 1 aliphatic carbocycles. The van der Waals surface area contributed by atoms with Gasteiger partial charge in [-0.3, -0.25) is 4.79 Å². The van der Waals surface area contributed by atoms with Crippen LogP contribution < -0.4 is 5.73 Å². The number of hydrogen-bond acceptors (Lipinski definition) is 3. The van der Waals surface area contributed by atoms with Crippen molar-refractivity contribution in [3.63, 3.8) is 0 Å². The molecule has 0 aliphatic heterocycles. The molecule has 5 heteroatoms. The minimum Gasteiger partial charge on any atom is -0.396 e. The predicted octanol–water partition coefficient (Wildman–Crippen LogP) is -0.274. The van der Waals surface area contributed by atoms with Crippen LogP contribution in [0.3, 0.4) is 0 Å². The molecule has 75 valence electrons. The van der Waals surface area contributed by atoms with E-state index >= 15 is 0 Å². The molecular formula is C9H12N3O2. The number of aliphatic hydroxyl groups is 1. The first kappa shape index (κ1) is 9.21. The summed E-state index contributed by atoms with van der Waals surface area (Å²) in [5.41, 5.74) is 5.16. The fraction of sp³-hybridized carbons (Fsp3) is 0.556. The van der Waals surface area contributed by atoms with Gasteiger partial charge in [-0.15, -0.1) is 0 Å². The second kappa shape index (κ2) is 3.42. The number of primary amides is 1. The van der Waals surface area contributed by atoms with Crippen LogP contribution in [0.15, 0.2) is 6.20 Å². The number of amides is 1. The van der Waals surface area contributed by atoms with Crippen molar-refractivity contribution in [3.8, 4) is 0 Å². The first-order chi connectivity index (χ1) is 6.74. The van der Waals surface area contributed by atoms with Gasteiger partial charge < -0.3 is 15.4 Å². The number of nitrogens with zero attached hydrogens (tertiary/aromatic N) is 2. The summed E-state index contributed by atoms with van der Waals surface area (Å²) in [6.45, 7) is 0.140. The summed E-state index contributed by atoms with van der Waals surface area (Å²) in [7, 11) is 0. The Morgan fingerprint density at radius 1 is 1.79 bits per heavy atom. The van der Waals surface area contributed by atoms with Crippen molar-refractivity contribution in [1.29, 1.82) is 0 Å². The lowest BCUT2D eigenvalue weighted by Gasteiger charge is -2.36. The first-order valence-corrected chi connectivity index (χ1v) is 4.59. The Hall–Kier alpha value is -1.36. The Labute approximate surface area is 81.5 Å². The van der Waals surface area contributed by atoms with Crippen molar-refractivity contribution in [2.24, 2.45) is 11.7 Å². The van der Waals surface area contributed by atoms with E-state index in [1.165, 1.54) is 0 Å². The summed E-state index contributed by atoms with van der Waals surface area (Å²) in [6, 6.07) is 0.154. The highest BCUT2D eigenvalue weighted by Gasteiger charge is 2.33. The van der Waals surface area contributed by atoms with Crippen molar-refractivity contribution in [3.05, 3.63) is 18.2 Å². The Morgan fingerprint density at radius 3 is 3.07 bits per heavy atom. The van der Waals surface area contributed by atoms with E-state index in [4.69, 9.17) is 10.8 Å². The number of aliphatic hydroxyl groups excluding tert-OH is 1. The van der Waals surface area contributed by atoms with Gasteiger partial charge in [-0.1, -0.05) is 0 Å². The normalized spacial score (nSPS) is 25.8. The van der Waals surface area contributed by atoms with E-state index < -0.39 is 5.91 Å². The maximum absolute atomic E-state index is 11.0. The largest absolute Gasteiger partial charge is 0.396 e. The van der Waals surface area contributed by atoms with Crippen LogP contribution in [0.4, 0.5) is 0 Å². The lowest BCUT2D eigenvalue weighted by molar-refractivity contribution is 0.0872. The first-order valence-electron chi connectivity index (χ1n) is 4.59. The molecular weight excluding hydrogens is 182 g/mol. The van der Waals surface area contributed by atoms with E-state index in [0.717, 1.165) is 12.8 Å². The minimum absolute atomic E-state index is 0.140. The highest BCUT2D eigenvalue weighted by Crippen LogP contribution is 2.38. The van der Waals surface area contributed by atoms with E-state index in [0.29, 0.717) is 0 Å². The number of aromatic nitrogens is 2. The van der Waals surface area contributed by atoms with Crippen molar-refractivity contribution in [2.75, 3.05) is 6.61 Å². The van der Waals surface area contributed by atoms with E-state index in [-0.39, 0.29) is 24.4 Å². The summed E-state index contributed by atoms with van der Waals surface area (Å²) in [4.78, 5) is 14.7. The second-order valence-electron chi connectivity index (χ2n) is 3.55. The van der Waals surface area contributed by atoms with Gasteiger partial charge in [0.1, 0.15) is 6.20 Å². The monoisotopic (exact) mass is 194 g/mol. The number of imidazole rings is 1. The van der Waals surface area contributed by atoms with Crippen LogP contribution in [0.25, 0.3) is 0 Å². The molecule has 0 aromatic carbocycles. The predicted molar refractivity (Wildman–Crippen MR) is 48.4 cm³/mol. The zero-order valence-electron chi connectivity index (χ0n) is 7.68. The molecule has 1 aromatic heterocycles. The third-order valence-corrected chi connectivity index (χ3v) is 2.80. The van der Waals surface area contributed by atoms with Gasteiger partial charge in [0.25, 0.3) is 5.91 Å². The fourth-order valence-corrected chi connectivity index (χ4v) is 1.84. The molecule has 1 heterocycles. The number of nitrogens with two attached hydrogens (primary N) is 1. The Balaban J connectivity index is 2.23. The van der Waals surface area contributed by atoms with Crippen LogP contribution in [0.2, 0.25) is 0 Å². The molecule has 14 heavy (non-hydrogen) atoms. The fourth-order valence-electron chi connectivity index (χ4n) is 1.84. The molecule has 0 bridgehead atoms. The maximum Gasteiger partial charge on any atom is 0.284 e. The SMILES string of the molecule is NC(=O)c1n[c]cn1C1CCC1CO. The molecule has 3 N–H and O–H groups in total. The van der Waals surface area contributed by atoms with Crippen LogP contribution in [-0.4, -0.2) is 27.2 Å². The van der Waals surface area contributed by atoms with E-state index in [1.54, 1.807) is 10.8 Å². The van der Waals surface area contributed by atoms with Crippen LogP contribution in [0.5, 0.6) is 0 Å². The molecule has 1 radical (unpaired) electrons. The summed E-state index contributed by atoms with van der Waals surface area (Å²) in [6.07, 6.45) is 6.16. The van der Waals surface area contributed by atoms with Crippen LogP contribution in [-0.2, 0) is 0 Å². The number of carbonyl (C=O) groups is 1. The third-order valence-electron chi connectivity index (χ3n) is 2.80.